The molecule has 19 heavy (non-hydrogen) atoms. The van der Waals surface area contributed by atoms with Crippen molar-refractivity contribution in [2.24, 2.45) is 5.92 Å². The molecule has 1 heterocycles. The number of amides is 1. The van der Waals surface area contributed by atoms with E-state index in [0.29, 0.717) is 0 Å². The monoisotopic (exact) mass is 255 g/mol. The summed E-state index contributed by atoms with van der Waals surface area (Å²) in [6.07, 6.45) is 2.02. The van der Waals surface area contributed by atoms with Gasteiger partial charge in [0.2, 0.25) is 5.91 Å². The number of nitrogens with zero attached hydrogens (tertiary/aromatic N) is 2. The van der Waals surface area contributed by atoms with Crippen molar-refractivity contribution >= 4 is 11.6 Å². The maximum atomic E-state index is 11.9. The van der Waals surface area contributed by atoms with E-state index < -0.39 is 0 Å². The standard InChI is InChI=1S/C15H17N3O/c1-10-14(16-15(19)12-8-9-12)11(2)18(17-10)13-6-4-3-5-7-13/h3-7,12H,8-9H2,1-2H3,(H,16,19). The second kappa shape index (κ2) is 4.53. The lowest BCUT2D eigenvalue weighted by molar-refractivity contribution is -0.117. The molecule has 0 radical (unpaired) electrons. The number of hydrogen-bond donors (Lipinski definition) is 1. The highest BCUT2D eigenvalue weighted by Gasteiger charge is 2.30. The number of aromatic nitrogens is 2. The van der Waals surface area contributed by atoms with Gasteiger partial charge in [0.1, 0.15) is 0 Å². The number of para-hydroxylation sites is 1. The molecule has 0 unspecified atom stereocenters. The van der Waals surface area contributed by atoms with Crippen molar-refractivity contribution in [2.45, 2.75) is 26.7 Å². The first-order chi connectivity index (χ1) is 9.16. The van der Waals surface area contributed by atoms with Crippen molar-refractivity contribution in [2.75, 3.05) is 5.32 Å². The van der Waals surface area contributed by atoms with Crippen molar-refractivity contribution < 1.29 is 4.79 Å². The van der Waals surface area contributed by atoms with Gasteiger partial charge < -0.3 is 5.32 Å². The third-order valence-electron chi connectivity index (χ3n) is 3.49. The maximum absolute atomic E-state index is 11.9. The molecule has 1 amide bonds. The number of hydrogen-bond acceptors (Lipinski definition) is 2. The van der Waals surface area contributed by atoms with E-state index in [1.807, 2.05) is 48.9 Å². The lowest BCUT2D eigenvalue weighted by atomic mass is 10.2. The van der Waals surface area contributed by atoms with Crippen molar-refractivity contribution in [1.29, 1.82) is 0 Å². The SMILES string of the molecule is Cc1nn(-c2ccccc2)c(C)c1NC(=O)C1CC1. The van der Waals surface area contributed by atoms with Crippen LogP contribution in [0.15, 0.2) is 30.3 Å². The predicted octanol–water partition coefficient (Wildman–Crippen LogP) is 2.84. The van der Waals surface area contributed by atoms with E-state index in [-0.39, 0.29) is 11.8 Å². The largest absolute Gasteiger partial charge is 0.323 e. The molecule has 1 saturated carbocycles. The lowest BCUT2D eigenvalue weighted by Gasteiger charge is -2.06. The molecule has 0 aliphatic heterocycles. The molecule has 4 heteroatoms. The molecular formula is C15H17N3O. The molecule has 1 aromatic heterocycles. The summed E-state index contributed by atoms with van der Waals surface area (Å²) in [6, 6.07) is 9.95. The minimum atomic E-state index is 0.124. The predicted molar refractivity (Wildman–Crippen MR) is 74.4 cm³/mol. The molecular weight excluding hydrogens is 238 g/mol. The smallest absolute Gasteiger partial charge is 0.227 e. The molecule has 1 aromatic carbocycles. The van der Waals surface area contributed by atoms with E-state index in [2.05, 4.69) is 10.4 Å². The number of carbonyl (C=O) groups is 1. The number of benzene rings is 1. The number of aryl methyl sites for hydroxylation is 1. The molecule has 2 aromatic rings. The van der Waals surface area contributed by atoms with E-state index in [0.717, 1.165) is 35.6 Å². The Labute approximate surface area is 112 Å². The van der Waals surface area contributed by atoms with E-state index in [1.54, 1.807) is 0 Å². The van der Waals surface area contributed by atoms with Gasteiger partial charge in [0, 0.05) is 5.92 Å². The second-order valence-corrected chi connectivity index (χ2v) is 5.06. The third kappa shape index (κ3) is 2.26. The fourth-order valence-electron chi connectivity index (χ4n) is 2.21. The summed E-state index contributed by atoms with van der Waals surface area (Å²) in [4.78, 5) is 11.9. The molecule has 1 aliphatic carbocycles. The summed E-state index contributed by atoms with van der Waals surface area (Å²) >= 11 is 0. The number of nitrogens with one attached hydrogen (secondary N) is 1. The zero-order valence-electron chi connectivity index (χ0n) is 11.2. The van der Waals surface area contributed by atoms with Crippen LogP contribution in [-0.4, -0.2) is 15.7 Å². The van der Waals surface area contributed by atoms with Crippen LogP contribution in [0, 0.1) is 19.8 Å². The molecule has 3 rings (SSSR count). The van der Waals surface area contributed by atoms with E-state index in [1.165, 1.54) is 0 Å². The summed E-state index contributed by atoms with van der Waals surface area (Å²) < 4.78 is 1.87. The van der Waals surface area contributed by atoms with Gasteiger partial charge in [0.25, 0.3) is 0 Å². The topological polar surface area (TPSA) is 46.9 Å². The zero-order valence-corrected chi connectivity index (χ0v) is 11.2. The highest BCUT2D eigenvalue weighted by atomic mass is 16.2. The van der Waals surface area contributed by atoms with Gasteiger partial charge in [-0.05, 0) is 38.8 Å². The van der Waals surface area contributed by atoms with Crippen LogP contribution in [0.2, 0.25) is 0 Å². The van der Waals surface area contributed by atoms with Gasteiger partial charge in [-0.3, -0.25) is 4.79 Å². The van der Waals surface area contributed by atoms with Gasteiger partial charge in [0.05, 0.1) is 22.8 Å². The molecule has 1 aliphatic rings. The highest BCUT2D eigenvalue weighted by Crippen LogP contribution is 2.31. The molecule has 98 valence electrons. The van der Waals surface area contributed by atoms with Crippen LogP contribution in [0.1, 0.15) is 24.2 Å². The summed E-state index contributed by atoms with van der Waals surface area (Å²) in [5.74, 6) is 0.331. The summed E-state index contributed by atoms with van der Waals surface area (Å²) in [6.45, 7) is 3.91. The molecule has 0 bridgehead atoms. The van der Waals surface area contributed by atoms with Gasteiger partial charge in [-0.25, -0.2) is 4.68 Å². The molecule has 4 nitrogen and oxygen atoms in total. The maximum Gasteiger partial charge on any atom is 0.227 e. The van der Waals surface area contributed by atoms with E-state index in [4.69, 9.17) is 0 Å². The summed E-state index contributed by atoms with van der Waals surface area (Å²) in [5, 5.41) is 7.52. The average Bonchev–Trinajstić information content (AvgIpc) is 3.23. The Morgan fingerprint density at radius 3 is 2.58 bits per heavy atom. The summed E-state index contributed by atoms with van der Waals surface area (Å²) in [5.41, 5.74) is 3.68. The fraction of sp³-hybridized carbons (Fsp3) is 0.333. The molecule has 0 atom stereocenters. The van der Waals surface area contributed by atoms with E-state index >= 15 is 0 Å². The molecule has 1 fully saturated rings. The van der Waals surface area contributed by atoms with Gasteiger partial charge in [-0.15, -0.1) is 0 Å². The van der Waals surface area contributed by atoms with Gasteiger partial charge >= 0.3 is 0 Å². The Morgan fingerprint density at radius 1 is 1.26 bits per heavy atom. The Balaban J connectivity index is 1.93. The molecule has 0 saturated heterocycles. The first kappa shape index (κ1) is 12.0. The normalized spacial score (nSPS) is 14.4. The van der Waals surface area contributed by atoms with Crippen LogP contribution in [-0.2, 0) is 4.79 Å². The fourth-order valence-corrected chi connectivity index (χ4v) is 2.21. The number of anilines is 1. The third-order valence-corrected chi connectivity index (χ3v) is 3.49. The number of carbonyl (C=O) groups excluding carboxylic acids is 1. The average molecular weight is 255 g/mol. The minimum absolute atomic E-state index is 0.124. The van der Waals surface area contributed by atoms with Crippen molar-refractivity contribution in [3.8, 4) is 5.69 Å². The summed E-state index contributed by atoms with van der Waals surface area (Å²) in [7, 11) is 0. The second-order valence-electron chi connectivity index (χ2n) is 5.06. The first-order valence-electron chi connectivity index (χ1n) is 6.59. The van der Waals surface area contributed by atoms with Gasteiger partial charge in [-0.1, -0.05) is 18.2 Å². The Kier molecular flexibility index (Phi) is 2.85. The minimum Gasteiger partial charge on any atom is -0.323 e. The Hall–Kier alpha value is -2.10. The molecule has 1 N–H and O–H groups in total. The zero-order chi connectivity index (χ0) is 13.4. The lowest BCUT2D eigenvalue weighted by Crippen LogP contribution is -2.14. The van der Waals surface area contributed by atoms with Crippen LogP contribution in [0.25, 0.3) is 5.69 Å². The van der Waals surface area contributed by atoms with Crippen LogP contribution in [0.5, 0.6) is 0 Å². The van der Waals surface area contributed by atoms with Crippen LogP contribution in [0.3, 0.4) is 0 Å². The Morgan fingerprint density at radius 2 is 1.95 bits per heavy atom. The van der Waals surface area contributed by atoms with Crippen molar-refractivity contribution in [3.63, 3.8) is 0 Å². The Bertz CT molecular complexity index is 612. The quantitative estimate of drug-likeness (QED) is 0.916. The van der Waals surface area contributed by atoms with Crippen LogP contribution < -0.4 is 5.32 Å². The van der Waals surface area contributed by atoms with Crippen LogP contribution >= 0.6 is 0 Å². The van der Waals surface area contributed by atoms with Gasteiger partial charge in [0.15, 0.2) is 0 Å². The highest BCUT2D eigenvalue weighted by molar-refractivity contribution is 5.95. The number of rotatable bonds is 3. The van der Waals surface area contributed by atoms with Crippen molar-refractivity contribution in [1.82, 2.24) is 9.78 Å². The van der Waals surface area contributed by atoms with E-state index in [9.17, 15) is 4.79 Å². The van der Waals surface area contributed by atoms with Gasteiger partial charge in [-0.2, -0.15) is 5.10 Å². The van der Waals surface area contributed by atoms with Crippen molar-refractivity contribution in [3.05, 3.63) is 41.7 Å². The molecule has 0 spiro atoms. The first-order valence-corrected chi connectivity index (χ1v) is 6.59. The van der Waals surface area contributed by atoms with Crippen LogP contribution in [0.4, 0.5) is 5.69 Å².